The van der Waals surface area contributed by atoms with Crippen LogP contribution in [0.3, 0.4) is 0 Å². The van der Waals surface area contributed by atoms with Gasteiger partial charge in [0.25, 0.3) is 5.91 Å². The highest BCUT2D eigenvalue weighted by Crippen LogP contribution is 2.25. The third-order valence-corrected chi connectivity index (χ3v) is 6.10. The molecule has 0 unspecified atom stereocenters. The number of allylic oxidation sites excluding steroid dienone is 1. The van der Waals surface area contributed by atoms with Crippen molar-refractivity contribution in [3.05, 3.63) is 71.5 Å². The largest absolute Gasteiger partial charge is 0.497 e. The first kappa shape index (κ1) is 26.1. The molecule has 2 N–H and O–H groups in total. The van der Waals surface area contributed by atoms with Crippen LogP contribution in [0.5, 0.6) is 11.5 Å². The third-order valence-electron chi connectivity index (χ3n) is 4.88. The van der Waals surface area contributed by atoms with Crippen molar-refractivity contribution in [3.8, 4) is 11.5 Å². The fraction of sp³-hybridized carbons (Fsp3) is 0.250. The molecular formula is C24H27ClN6O3S. The summed E-state index contributed by atoms with van der Waals surface area (Å²) in [5.41, 5.74) is 4.86. The third kappa shape index (κ3) is 7.24. The zero-order valence-corrected chi connectivity index (χ0v) is 21.3. The molecule has 11 heteroatoms. The lowest BCUT2D eigenvalue weighted by atomic mass is 10.1. The fourth-order valence-electron chi connectivity index (χ4n) is 3.08. The van der Waals surface area contributed by atoms with Crippen LogP contribution in [0, 0.1) is 0 Å². The molecule has 0 radical (unpaired) electrons. The van der Waals surface area contributed by atoms with Crippen LogP contribution in [-0.2, 0) is 17.9 Å². The van der Waals surface area contributed by atoms with Crippen molar-refractivity contribution in [1.82, 2.24) is 20.2 Å². The molecule has 1 aromatic heterocycles. The van der Waals surface area contributed by atoms with E-state index in [9.17, 15) is 4.79 Å². The minimum absolute atomic E-state index is 0.121. The number of nitrogens with one attached hydrogen (secondary N) is 2. The van der Waals surface area contributed by atoms with E-state index in [-0.39, 0.29) is 11.7 Å². The molecule has 1 heterocycles. The summed E-state index contributed by atoms with van der Waals surface area (Å²) >= 11 is 7.21. The van der Waals surface area contributed by atoms with E-state index in [0.29, 0.717) is 40.5 Å². The Hall–Kier alpha value is -3.50. The average Bonchev–Trinajstić information content (AvgIpc) is 3.26. The lowest BCUT2D eigenvalue weighted by molar-refractivity contribution is -0.118. The van der Waals surface area contributed by atoms with Gasteiger partial charge in [-0.2, -0.15) is 5.10 Å². The van der Waals surface area contributed by atoms with Crippen molar-refractivity contribution in [1.29, 1.82) is 0 Å². The van der Waals surface area contributed by atoms with Crippen LogP contribution < -0.4 is 20.2 Å². The Kier molecular flexibility index (Phi) is 9.56. The Bertz CT molecular complexity index is 1200. The second-order valence-corrected chi connectivity index (χ2v) is 8.62. The Labute approximate surface area is 213 Å². The molecule has 0 aliphatic heterocycles. The molecule has 0 aliphatic rings. The van der Waals surface area contributed by atoms with Crippen LogP contribution in [0.1, 0.15) is 18.3 Å². The maximum absolute atomic E-state index is 12.4. The molecular weight excluding hydrogens is 488 g/mol. The monoisotopic (exact) mass is 514 g/mol. The predicted molar refractivity (Wildman–Crippen MR) is 140 cm³/mol. The Balaban J connectivity index is 1.60. The molecule has 1 amide bonds. The van der Waals surface area contributed by atoms with E-state index in [1.165, 1.54) is 11.8 Å². The first-order valence-corrected chi connectivity index (χ1v) is 12.0. The number of hydrazone groups is 1. The van der Waals surface area contributed by atoms with Crippen molar-refractivity contribution in [2.24, 2.45) is 5.10 Å². The number of aromatic nitrogens is 3. The molecule has 0 atom stereocenters. The van der Waals surface area contributed by atoms with Gasteiger partial charge in [-0.15, -0.1) is 16.8 Å². The number of carbonyl (C=O) groups excluding carboxylic acids is 1. The molecule has 0 spiro atoms. The smallest absolute Gasteiger partial charge is 0.250 e. The lowest BCUT2D eigenvalue weighted by Crippen LogP contribution is -2.21. The molecule has 3 aromatic rings. The Morgan fingerprint density at radius 3 is 2.66 bits per heavy atom. The van der Waals surface area contributed by atoms with Gasteiger partial charge in [0, 0.05) is 28.9 Å². The highest BCUT2D eigenvalue weighted by atomic mass is 35.5. The van der Waals surface area contributed by atoms with Gasteiger partial charge in [0.05, 0.1) is 32.2 Å². The van der Waals surface area contributed by atoms with E-state index < -0.39 is 0 Å². The standard InChI is InChI=1S/C24H27ClN6O3S/c1-5-12-31-22(14-26-18-8-6-17(25)7-9-18)28-30-24(31)35-15-23(32)29-27-16(2)20-11-10-19(33-3)13-21(20)34-4/h5-11,13,26H,1,12,14-15H2,2-4H3,(H,29,32)/b27-16+. The number of methoxy groups -OCH3 is 2. The first-order chi connectivity index (χ1) is 16.9. The normalized spacial score (nSPS) is 11.1. The molecule has 0 fully saturated rings. The van der Waals surface area contributed by atoms with Gasteiger partial charge in [0.15, 0.2) is 11.0 Å². The van der Waals surface area contributed by atoms with Crippen LogP contribution in [0.4, 0.5) is 5.69 Å². The predicted octanol–water partition coefficient (Wildman–Crippen LogP) is 4.38. The van der Waals surface area contributed by atoms with Crippen molar-refractivity contribution in [2.75, 3.05) is 25.3 Å². The molecule has 3 rings (SSSR count). The minimum atomic E-state index is -0.268. The molecule has 0 aliphatic carbocycles. The van der Waals surface area contributed by atoms with Crippen molar-refractivity contribution >= 4 is 40.7 Å². The summed E-state index contributed by atoms with van der Waals surface area (Å²) in [6, 6.07) is 12.8. The number of thioether (sulfide) groups is 1. The molecule has 35 heavy (non-hydrogen) atoms. The maximum Gasteiger partial charge on any atom is 0.250 e. The van der Waals surface area contributed by atoms with E-state index in [2.05, 4.69) is 32.6 Å². The molecule has 2 aromatic carbocycles. The van der Waals surface area contributed by atoms with E-state index >= 15 is 0 Å². The highest BCUT2D eigenvalue weighted by Gasteiger charge is 2.14. The van der Waals surface area contributed by atoms with Gasteiger partial charge in [0.2, 0.25) is 0 Å². The highest BCUT2D eigenvalue weighted by molar-refractivity contribution is 7.99. The van der Waals surface area contributed by atoms with Crippen LogP contribution >= 0.6 is 23.4 Å². The summed E-state index contributed by atoms with van der Waals surface area (Å²) < 4.78 is 12.5. The van der Waals surface area contributed by atoms with E-state index in [4.69, 9.17) is 21.1 Å². The first-order valence-electron chi connectivity index (χ1n) is 10.7. The summed E-state index contributed by atoms with van der Waals surface area (Å²) in [7, 11) is 3.15. The number of hydrogen-bond donors (Lipinski definition) is 2. The maximum atomic E-state index is 12.4. The fourth-order valence-corrected chi connectivity index (χ4v) is 3.97. The number of ether oxygens (including phenoxy) is 2. The van der Waals surface area contributed by atoms with Gasteiger partial charge in [-0.3, -0.25) is 4.79 Å². The van der Waals surface area contributed by atoms with Gasteiger partial charge in [-0.05, 0) is 43.3 Å². The van der Waals surface area contributed by atoms with Crippen LogP contribution in [0.15, 0.2) is 65.4 Å². The number of rotatable bonds is 12. The molecule has 184 valence electrons. The second-order valence-electron chi connectivity index (χ2n) is 7.25. The number of benzene rings is 2. The summed E-state index contributed by atoms with van der Waals surface area (Å²) in [6.45, 7) is 6.58. The van der Waals surface area contributed by atoms with E-state index in [1.807, 2.05) is 34.9 Å². The van der Waals surface area contributed by atoms with Crippen molar-refractivity contribution < 1.29 is 14.3 Å². The van der Waals surface area contributed by atoms with Crippen molar-refractivity contribution in [2.45, 2.75) is 25.2 Å². The van der Waals surface area contributed by atoms with Crippen molar-refractivity contribution in [3.63, 3.8) is 0 Å². The number of halogens is 1. The number of nitrogens with zero attached hydrogens (tertiary/aromatic N) is 4. The van der Waals surface area contributed by atoms with E-state index in [1.54, 1.807) is 39.4 Å². The zero-order chi connectivity index (χ0) is 25.2. The summed E-state index contributed by atoms with van der Waals surface area (Å²) in [5.74, 6) is 1.85. The number of amides is 1. The SMILES string of the molecule is C=CCn1c(CNc2ccc(Cl)cc2)nnc1SCC(=O)N/N=C(\C)c1ccc(OC)cc1OC. The second kappa shape index (κ2) is 12.8. The molecule has 9 nitrogen and oxygen atoms in total. The molecule has 0 saturated carbocycles. The summed E-state index contributed by atoms with van der Waals surface area (Å²) in [5, 5.41) is 17.3. The Morgan fingerprint density at radius 1 is 1.20 bits per heavy atom. The van der Waals surface area contributed by atoms with E-state index in [0.717, 1.165) is 17.1 Å². The van der Waals surface area contributed by atoms with Gasteiger partial charge in [-0.1, -0.05) is 29.4 Å². The van der Waals surface area contributed by atoms with Gasteiger partial charge < -0.3 is 19.4 Å². The topological polar surface area (TPSA) is 103 Å². The van der Waals surface area contributed by atoms with Gasteiger partial charge in [0.1, 0.15) is 11.5 Å². The van der Waals surface area contributed by atoms with Crippen LogP contribution in [0.2, 0.25) is 5.02 Å². The number of hydrogen-bond acceptors (Lipinski definition) is 8. The Morgan fingerprint density at radius 2 is 1.97 bits per heavy atom. The van der Waals surface area contributed by atoms with Gasteiger partial charge in [-0.25, -0.2) is 5.43 Å². The minimum Gasteiger partial charge on any atom is -0.497 e. The summed E-state index contributed by atoms with van der Waals surface area (Å²) in [4.78, 5) is 12.4. The molecule has 0 bridgehead atoms. The number of anilines is 1. The van der Waals surface area contributed by atoms with Crippen LogP contribution in [0.25, 0.3) is 0 Å². The average molecular weight is 515 g/mol. The molecule has 0 saturated heterocycles. The summed E-state index contributed by atoms with van der Waals surface area (Å²) in [6.07, 6.45) is 1.76. The lowest BCUT2D eigenvalue weighted by Gasteiger charge is -2.10. The quantitative estimate of drug-likeness (QED) is 0.160. The zero-order valence-electron chi connectivity index (χ0n) is 19.7. The van der Waals surface area contributed by atoms with Crippen LogP contribution in [-0.4, -0.2) is 46.4 Å². The number of carbonyl (C=O) groups is 1. The van der Waals surface area contributed by atoms with Gasteiger partial charge >= 0.3 is 0 Å².